The van der Waals surface area contributed by atoms with Gasteiger partial charge in [0.1, 0.15) is 0 Å². The first-order chi connectivity index (χ1) is 11.7. The third-order valence-corrected chi connectivity index (χ3v) is 4.63. The lowest BCUT2D eigenvalue weighted by atomic mass is 10.0. The molecule has 0 heterocycles. The van der Waals surface area contributed by atoms with Gasteiger partial charge < -0.3 is 5.11 Å². The predicted octanol–water partition coefficient (Wildman–Crippen LogP) is 7.66. The highest BCUT2D eigenvalue weighted by molar-refractivity contribution is 7.80. The van der Waals surface area contributed by atoms with E-state index in [4.69, 9.17) is 5.11 Å². The zero-order valence-corrected chi connectivity index (χ0v) is 17.4. The summed E-state index contributed by atoms with van der Waals surface area (Å²) < 4.78 is 0. The van der Waals surface area contributed by atoms with Gasteiger partial charge in [-0.15, -0.1) is 0 Å². The maximum absolute atomic E-state index is 9.37. The Morgan fingerprint density at radius 1 is 0.625 bits per heavy atom. The van der Waals surface area contributed by atoms with Gasteiger partial charge in [0.15, 0.2) is 0 Å². The van der Waals surface area contributed by atoms with E-state index < -0.39 is 5.97 Å². The fourth-order valence-electron chi connectivity index (χ4n) is 2.66. The van der Waals surface area contributed by atoms with Crippen LogP contribution in [0, 0.1) is 0 Å². The van der Waals surface area contributed by atoms with Crippen LogP contribution in [0.4, 0.5) is 0 Å². The summed E-state index contributed by atoms with van der Waals surface area (Å²) in [6, 6.07) is 0. The van der Waals surface area contributed by atoms with Gasteiger partial charge in [0.05, 0.1) is 0 Å². The van der Waals surface area contributed by atoms with Gasteiger partial charge in [0, 0.05) is 6.42 Å². The van der Waals surface area contributed by atoms with Gasteiger partial charge in [-0.1, -0.05) is 110 Å². The number of rotatable bonds is 17. The average Bonchev–Trinajstić information content (AvgIpc) is 2.59. The van der Waals surface area contributed by atoms with Crippen molar-refractivity contribution in [2.24, 2.45) is 0 Å². The third-order valence-electron chi connectivity index (χ3n) is 4.31. The van der Waals surface area contributed by atoms with Crippen molar-refractivity contribution in [3.63, 3.8) is 0 Å². The van der Waals surface area contributed by atoms with Gasteiger partial charge >= 0.3 is 5.97 Å². The fraction of sp³-hybridized carbons (Fsp3) is 0.952. The van der Waals surface area contributed by atoms with Gasteiger partial charge in [0.2, 0.25) is 0 Å². The SMILES string of the molecule is CCC(=O)O.CCCCCCCCCCCCCCCCCCS. The molecule has 0 radical (unpaired) electrons. The zero-order chi connectivity index (χ0) is 18.3. The van der Waals surface area contributed by atoms with Crippen molar-refractivity contribution in [3.8, 4) is 0 Å². The second-order valence-corrected chi connectivity index (χ2v) is 7.22. The standard InChI is InChI=1S/C18H38S.C3H6O2/c1-2-3-4-5-6-7-8-9-10-11-12-13-14-15-16-17-18-19;1-2-3(4)5/h19H,2-18H2,1H3;2H2,1H3,(H,4,5). The molecule has 0 amide bonds. The van der Waals surface area contributed by atoms with E-state index in [0.29, 0.717) is 0 Å². The predicted molar refractivity (Wildman–Crippen MR) is 111 cm³/mol. The average molecular weight is 361 g/mol. The van der Waals surface area contributed by atoms with Crippen LogP contribution in [0.25, 0.3) is 0 Å². The summed E-state index contributed by atoms with van der Waals surface area (Å²) in [7, 11) is 0. The van der Waals surface area contributed by atoms with Crippen molar-refractivity contribution >= 4 is 18.6 Å². The third kappa shape index (κ3) is 29.8. The van der Waals surface area contributed by atoms with E-state index in [1.165, 1.54) is 103 Å². The Hall–Kier alpha value is -0.180. The number of carboxylic acids is 1. The van der Waals surface area contributed by atoms with Gasteiger partial charge in [-0.3, -0.25) is 4.79 Å². The van der Waals surface area contributed by atoms with E-state index in [-0.39, 0.29) is 6.42 Å². The Bertz CT molecular complexity index is 216. The summed E-state index contributed by atoms with van der Waals surface area (Å²) in [5.41, 5.74) is 0. The van der Waals surface area contributed by atoms with Gasteiger partial charge in [0.25, 0.3) is 0 Å². The lowest BCUT2D eigenvalue weighted by molar-refractivity contribution is -0.136. The number of carboxylic acid groups (broad SMARTS) is 1. The Kier molecular flexibility index (Phi) is 27.2. The normalized spacial score (nSPS) is 10.3. The van der Waals surface area contributed by atoms with E-state index in [1.54, 1.807) is 6.92 Å². The van der Waals surface area contributed by atoms with Crippen LogP contribution in [0.15, 0.2) is 0 Å². The van der Waals surface area contributed by atoms with Crippen LogP contribution in [-0.2, 0) is 4.79 Å². The molecule has 0 saturated carbocycles. The van der Waals surface area contributed by atoms with Crippen molar-refractivity contribution in [1.29, 1.82) is 0 Å². The van der Waals surface area contributed by atoms with E-state index in [9.17, 15) is 4.79 Å². The second-order valence-electron chi connectivity index (χ2n) is 6.77. The summed E-state index contributed by atoms with van der Waals surface area (Å²) in [6.07, 6.45) is 23.3. The van der Waals surface area contributed by atoms with Crippen molar-refractivity contribution in [3.05, 3.63) is 0 Å². The maximum Gasteiger partial charge on any atom is 0.303 e. The molecule has 0 spiro atoms. The molecule has 3 heteroatoms. The van der Waals surface area contributed by atoms with Crippen LogP contribution in [0.3, 0.4) is 0 Å². The first-order valence-electron chi connectivity index (χ1n) is 10.5. The molecule has 0 fully saturated rings. The summed E-state index contributed by atoms with van der Waals surface area (Å²) >= 11 is 4.24. The van der Waals surface area contributed by atoms with Crippen LogP contribution in [-0.4, -0.2) is 16.8 Å². The molecule has 0 aliphatic rings. The van der Waals surface area contributed by atoms with Gasteiger partial charge in [-0.25, -0.2) is 0 Å². The molecule has 146 valence electrons. The van der Waals surface area contributed by atoms with Crippen molar-refractivity contribution in [1.82, 2.24) is 0 Å². The molecular formula is C21H44O2S. The first-order valence-corrected chi connectivity index (χ1v) is 11.1. The van der Waals surface area contributed by atoms with Crippen LogP contribution < -0.4 is 0 Å². The van der Waals surface area contributed by atoms with Gasteiger partial charge in [-0.05, 0) is 12.2 Å². The first kappa shape index (κ1) is 26.1. The molecule has 0 saturated heterocycles. The largest absolute Gasteiger partial charge is 0.481 e. The highest BCUT2D eigenvalue weighted by Gasteiger charge is 1.94. The minimum Gasteiger partial charge on any atom is -0.481 e. The summed E-state index contributed by atoms with van der Waals surface area (Å²) in [4.78, 5) is 9.37. The molecule has 0 aliphatic heterocycles. The quantitative estimate of drug-likeness (QED) is 0.206. The maximum atomic E-state index is 9.37. The molecule has 0 unspecified atom stereocenters. The molecule has 2 nitrogen and oxygen atoms in total. The van der Waals surface area contributed by atoms with Crippen LogP contribution in [0.1, 0.15) is 123 Å². The Labute approximate surface area is 157 Å². The Morgan fingerprint density at radius 3 is 1.08 bits per heavy atom. The smallest absolute Gasteiger partial charge is 0.303 e. The van der Waals surface area contributed by atoms with E-state index in [1.807, 2.05) is 0 Å². The van der Waals surface area contributed by atoms with Gasteiger partial charge in [-0.2, -0.15) is 12.6 Å². The zero-order valence-electron chi connectivity index (χ0n) is 16.5. The topological polar surface area (TPSA) is 37.3 Å². The molecule has 0 aromatic heterocycles. The molecule has 0 rings (SSSR count). The minimum absolute atomic E-state index is 0.222. The van der Waals surface area contributed by atoms with Crippen molar-refractivity contribution < 1.29 is 9.90 Å². The summed E-state index contributed by atoms with van der Waals surface area (Å²) in [5, 5.41) is 7.72. The molecule has 0 aromatic carbocycles. The molecule has 0 atom stereocenters. The van der Waals surface area contributed by atoms with E-state index in [0.717, 1.165) is 5.75 Å². The summed E-state index contributed by atoms with van der Waals surface area (Å²) in [5.74, 6) is 0.323. The molecular weight excluding hydrogens is 316 g/mol. The van der Waals surface area contributed by atoms with Crippen LogP contribution in [0.2, 0.25) is 0 Å². The number of unbranched alkanes of at least 4 members (excludes halogenated alkanes) is 15. The number of thiol groups is 1. The van der Waals surface area contributed by atoms with Crippen molar-refractivity contribution in [2.45, 2.75) is 123 Å². The van der Waals surface area contributed by atoms with Crippen molar-refractivity contribution in [2.75, 3.05) is 5.75 Å². The molecule has 0 aliphatic carbocycles. The van der Waals surface area contributed by atoms with E-state index in [2.05, 4.69) is 19.6 Å². The molecule has 0 aromatic rings. The summed E-state index contributed by atoms with van der Waals surface area (Å²) in [6.45, 7) is 3.89. The molecule has 0 bridgehead atoms. The minimum atomic E-state index is -0.745. The number of aliphatic carboxylic acids is 1. The van der Waals surface area contributed by atoms with Crippen LogP contribution >= 0.6 is 12.6 Å². The van der Waals surface area contributed by atoms with E-state index >= 15 is 0 Å². The van der Waals surface area contributed by atoms with Crippen LogP contribution in [0.5, 0.6) is 0 Å². The number of hydrogen-bond acceptors (Lipinski definition) is 2. The lowest BCUT2D eigenvalue weighted by Crippen LogP contribution is -1.86. The Morgan fingerprint density at radius 2 is 0.875 bits per heavy atom. The number of hydrogen-bond donors (Lipinski definition) is 2. The number of carbonyl (C=O) groups is 1. The Balaban J connectivity index is 0. The molecule has 24 heavy (non-hydrogen) atoms. The second kappa shape index (κ2) is 25.1. The molecule has 1 N–H and O–H groups in total. The monoisotopic (exact) mass is 360 g/mol. The fourth-order valence-corrected chi connectivity index (χ4v) is 2.88. The lowest BCUT2D eigenvalue weighted by Gasteiger charge is -2.03. The highest BCUT2D eigenvalue weighted by atomic mass is 32.1. The highest BCUT2D eigenvalue weighted by Crippen LogP contribution is 2.13.